The van der Waals surface area contributed by atoms with Gasteiger partial charge in [-0.3, -0.25) is 9.59 Å². The Kier molecular flexibility index (Phi) is 5.19. The van der Waals surface area contributed by atoms with E-state index in [1.807, 2.05) is 0 Å². The molecule has 0 spiro atoms. The number of rotatable bonds is 5. The molecule has 130 valence electrons. The summed E-state index contributed by atoms with van der Waals surface area (Å²) >= 11 is 5.78. The summed E-state index contributed by atoms with van der Waals surface area (Å²) in [4.78, 5) is 25.6. The molecule has 0 bridgehead atoms. The Balaban J connectivity index is 1.52. The molecular weight excluding hydrogens is 347 g/mol. The van der Waals surface area contributed by atoms with Gasteiger partial charge >= 0.3 is 0 Å². The number of nitrogens with zero attached hydrogens (tertiary/aromatic N) is 1. The van der Waals surface area contributed by atoms with Crippen LogP contribution in [-0.4, -0.2) is 31.0 Å². The Morgan fingerprint density at radius 1 is 1.28 bits per heavy atom. The Hall–Kier alpha value is -2.60. The number of hydrogen-bond acceptors (Lipinski definition) is 3. The van der Waals surface area contributed by atoms with Gasteiger partial charge < -0.3 is 15.0 Å². The highest BCUT2D eigenvalue weighted by Gasteiger charge is 2.31. The number of ether oxygens (including phenoxy) is 1. The van der Waals surface area contributed by atoms with Gasteiger partial charge in [-0.2, -0.15) is 0 Å². The van der Waals surface area contributed by atoms with Crippen LogP contribution in [0.1, 0.15) is 6.42 Å². The molecule has 2 aromatic carbocycles. The maximum atomic E-state index is 13.3. The average molecular weight is 363 g/mol. The minimum Gasteiger partial charge on any atom is -0.484 e. The number of amides is 2. The molecule has 1 aliphatic heterocycles. The van der Waals surface area contributed by atoms with Crippen LogP contribution < -0.4 is 15.0 Å². The van der Waals surface area contributed by atoms with Crippen LogP contribution in [0.25, 0.3) is 0 Å². The largest absolute Gasteiger partial charge is 0.484 e. The molecule has 0 aromatic heterocycles. The van der Waals surface area contributed by atoms with E-state index in [0.717, 1.165) is 0 Å². The summed E-state index contributed by atoms with van der Waals surface area (Å²) in [6, 6.07) is 12.2. The van der Waals surface area contributed by atoms with E-state index in [2.05, 4.69) is 5.32 Å². The zero-order valence-electron chi connectivity index (χ0n) is 13.2. The lowest BCUT2D eigenvalue weighted by Crippen LogP contribution is -2.39. The third kappa shape index (κ3) is 4.48. The van der Waals surface area contributed by atoms with Gasteiger partial charge in [0.2, 0.25) is 5.91 Å². The van der Waals surface area contributed by atoms with Gasteiger partial charge in [0.1, 0.15) is 11.6 Å². The molecule has 7 heteroatoms. The number of nitrogens with one attached hydrogen (secondary N) is 1. The molecule has 25 heavy (non-hydrogen) atoms. The predicted octanol–water partition coefficient (Wildman–Crippen LogP) is 2.78. The summed E-state index contributed by atoms with van der Waals surface area (Å²) in [5.41, 5.74) is 0.485. The zero-order chi connectivity index (χ0) is 17.8. The van der Waals surface area contributed by atoms with Crippen LogP contribution in [0.4, 0.5) is 10.1 Å². The maximum Gasteiger partial charge on any atom is 0.258 e. The first kappa shape index (κ1) is 17.2. The number of benzene rings is 2. The van der Waals surface area contributed by atoms with Crippen LogP contribution in [0.2, 0.25) is 5.02 Å². The van der Waals surface area contributed by atoms with Gasteiger partial charge in [-0.15, -0.1) is 0 Å². The van der Waals surface area contributed by atoms with Gasteiger partial charge in [0.25, 0.3) is 5.91 Å². The number of halogens is 2. The number of hydrogen-bond donors (Lipinski definition) is 1. The molecule has 0 unspecified atom stereocenters. The number of anilines is 1. The van der Waals surface area contributed by atoms with Crippen LogP contribution >= 0.6 is 11.6 Å². The Labute approximate surface area is 149 Å². The second kappa shape index (κ2) is 7.53. The SMILES string of the molecule is O=C(COc1ccc(Cl)cc1)N[C@H]1CC(=O)N(c2cccc(F)c2)C1. The Morgan fingerprint density at radius 3 is 2.76 bits per heavy atom. The van der Waals surface area contributed by atoms with Crippen molar-refractivity contribution < 1.29 is 18.7 Å². The lowest BCUT2D eigenvalue weighted by atomic mass is 10.2. The molecule has 1 heterocycles. The highest BCUT2D eigenvalue weighted by molar-refractivity contribution is 6.30. The van der Waals surface area contributed by atoms with Gasteiger partial charge in [0, 0.05) is 23.7 Å². The van der Waals surface area contributed by atoms with Crippen molar-refractivity contribution in [2.45, 2.75) is 12.5 Å². The third-order valence-corrected chi connectivity index (χ3v) is 4.05. The summed E-state index contributed by atoms with van der Waals surface area (Å²) in [6.45, 7) is 0.140. The topological polar surface area (TPSA) is 58.6 Å². The second-order valence-electron chi connectivity index (χ2n) is 5.70. The summed E-state index contributed by atoms with van der Waals surface area (Å²) < 4.78 is 18.7. The summed E-state index contributed by atoms with van der Waals surface area (Å²) in [6.07, 6.45) is 0.170. The fourth-order valence-electron chi connectivity index (χ4n) is 2.65. The molecule has 0 aliphatic carbocycles. The maximum absolute atomic E-state index is 13.3. The van der Waals surface area contributed by atoms with Crippen LogP contribution in [0.5, 0.6) is 5.75 Å². The van der Waals surface area contributed by atoms with E-state index in [4.69, 9.17) is 16.3 Å². The Bertz CT molecular complexity index is 782. The molecule has 1 saturated heterocycles. The monoisotopic (exact) mass is 362 g/mol. The van der Waals surface area contributed by atoms with Gasteiger partial charge in [-0.1, -0.05) is 17.7 Å². The normalized spacial score (nSPS) is 16.8. The predicted molar refractivity (Wildman–Crippen MR) is 92.2 cm³/mol. The van der Waals surface area contributed by atoms with Gasteiger partial charge in [0.15, 0.2) is 6.61 Å². The van der Waals surface area contributed by atoms with E-state index in [-0.39, 0.29) is 30.9 Å². The van der Waals surface area contributed by atoms with Crippen molar-refractivity contribution in [2.75, 3.05) is 18.1 Å². The van der Waals surface area contributed by atoms with E-state index in [1.54, 1.807) is 36.4 Å². The number of carbonyl (C=O) groups is 2. The highest BCUT2D eigenvalue weighted by Crippen LogP contribution is 2.22. The number of carbonyl (C=O) groups excluding carboxylic acids is 2. The third-order valence-electron chi connectivity index (χ3n) is 3.79. The van der Waals surface area contributed by atoms with Crippen molar-refractivity contribution in [1.82, 2.24) is 5.32 Å². The first-order chi connectivity index (χ1) is 12.0. The van der Waals surface area contributed by atoms with Gasteiger partial charge in [0.05, 0.1) is 6.04 Å². The summed E-state index contributed by atoms with van der Waals surface area (Å²) in [5.74, 6) is -0.360. The quantitative estimate of drug-likeness (QED) is 0.889. The molecule has 2 amide bonds. The molecule has 3 rings (SSSR count). The molecular formula is C18H16ClFN2O3. The minimum atomic E-state index is -0.408. The van der Waals surface area contributed by atoms with Crippen molar-refractivity contribution in [3.63, 3.8) is 0 Å². The fraction of sp³-hybridized carbons (Fsp3) is 0.222. The van der Waals surface area contributed by atoms with E-state index < -0.39 is 5.82 Å². The van der Waals surface area contributed by atoms with E-state index >= 15 is 0 Å². The Morgan fingerprint density at radius 2 is 2.04 bits per heavy atom. The molecule has 1 aliphatic rings. The fourth-order valence-corrected chi connectivity index (χ4v) is 2.77. The molecule has 1 atom stereocenters. The molecule has 5 nitrogen and oxygen atoms in total. The summed E-state index contributed by atoms with van der Waals surface area (Å²) in [5, 5.41) is 3.34. The van der Waals surface area contributed by atoms with E-state index in [0.29, 0.717) is 23.0 Å². The van der Waals surface area contributed by atoms with Crippen molar-refractivity contribution in [2.24, 2.45) is 0 Å². The van der Waals surface area contributed by atoms with Crippen LogP contribution in [0.15, 0.2) is 48.5 Å². The minimum absolute atomic E-state index is 0.158. The van der Waals surface area contributed by atoms with Gasteiger partial charge in [-0.05, 0) is 42.5 Å². The van der Waals surface area contributed by atoms with Crippen molar-refractivity contribution in [3.05, 3.63) is 59.4 Å². The van der Waals surface area contributed by atoms with Crippen molar-refractivity contribution in [1.29, 1.82) is 0 Å². The molecule has 2 aromatic rings. The van der Waals surface area contributed by atoms with Crippen molar-refractivity contribution >= 4 is 29.1 Å². The van der Waals surface area contributed by atoms with Crippen LogP contribution in [0.3, 0.4) is 0 Å². The average Bonchev–Trinajstić information content (AvgIpc) is 2.94. The van der Waals surface area contributed by atoms with Gasteiger partial charge in [-0.25, -0.2) is 4.39 Å². The lowest BCUT2D eigenvalue weighted by Gasteiger charge is -2.17. The van der Waals surface area contributed by atoms with E-state index in [9.17, 15) is 14.0 Å². The first-order valence-corrected chi connectivity index (χ1v) is 8.13. The molecule has 0 radical (unpaired) electrons. The standard InChI is InChI=1S/C18H16ClFN2O3/c19-12-4-6-16(7-5-12)25-11-17(23)21-14-9-18(24)22(10-14)15-3-1-2-13(20)8-15/h1-8,14H,9-11H2,(H,21,23)/t14-/m0/s1. The molecule has 1 fully saturated rings. The highest BCUT2D eigenvalue weighted by atomic mass is 35.5. The zero-order valence-corrected chi connectivity index (χ0v) is 14.0. The lowest BCUT2D eigenvalue weighted by molar-refractivity contribution is -0.123. The smallest absolute Gasteiger partial charge is 0.258 e. The van der Waals surface area contributed by atoms with Crippen LogP contribution in [0, 0.1) is 5.82 Å². The molecule has 1 N–H and O–H groups in total. The van der Waals surface area contributed by atoms with E-state index in [1.165, 1.54) is 17.0 Å². The second-order valence-corrected chi connectivity index (χ2v) is 6.13. The van der Waals surface area contributed by atoms with Crippen molar-refractivity contribution in [3.8, 4) is 5.75 Å². The first-order valence-electron chi connectivity index (χ1n) is 7.75. The molecule has 0 saturated carbocycles. The van der Waals surface area contributed by atoms with Crippen LogP contribution in [-0.2, 0) is 9.59 Å². The summed E-state index contributed by atoms with van der Waals surface area (Å²) in [7, 11) is 0.